The van der Waals surface area contributed by atoms with E-state index in [0.717, 1.165) is 5.92 Å². The number of benzene rings is 2. The van der Waals surface area contributed by atoms with Crippen molar-refractivity contribution in [1.82, 2.24) is 0 Å². The van der Waals surface area contributed by atoms with Crippen molar-refractivity contribution in [2.45, 2.75) is 20.3 Å². The molecule has 4 rings (SSSR count). The molecule has 0 nitrogen and oxygen atoms in total. The number of hydrogen-bond acceptors (Lipinski definition) is 0. The summed E-state index contributed by atoms with van der Waals surface area (Å²) in [6.45, 7) is 4.47. The minimum Gasteiger partial charge on any atom is -1.00 e. The fraction of sp³-hybridized carbons (Fsp3) is 0.190. The molecule has 0 fully saturated rings. The van der Waals surface area contributed by atoms with Crippen LogP contribution in [0.15, 0.2) is 78.4 Å². The van der Waals surface area contributed by atoms with Gasteiger partial charge in [0.25, 0.3) is 0 Å². The Morgan fingerprint density at radius 1 is 0.833 bits per heavy atom. The first-order valence-electron chi connectivity index (χ1n) is 7.64. The summed E-state index contributed by atoms with van der Waals surface area (Å²) in [5.41, 5.74) is 1.56. The van der Waals surface area contributed by atoms with Crippen LogP contribution in [0.25, 0.3) is 21.5 Å². The maximum Gasteiger partial charge on any atom is 3.00 e. The van der Waals surface area contributed by atoms with Gasteiger partial charge in [0.1, 0.15) is 0 Å². The molecule has 0 bridgehead atoms. The molecular weight excluding hydrogens is 414 g/mol. The number of rotatable bonds is 1. The van der Waals surface area contributed by atoms with Crippen molar-refractivity contribution in [1.29, 1.82) is 0 Å². The third kappa shape index (κ3) is 5.38. The Kier molecular flexibility index (Phi) is 10.6. The normalized spacial score (nSPS) is 11.9. The summed E-state index contributed by atoms with van der Waals surface area (Å²) < 4.78 is 0. The molecular formula is C21H21Cl2Zr. The van der Waals surface area contributed by atoms with Gasteiger partial charge in [-0.2, -0.15) is 0 Å². The van der Waals surface area contributed by atoms with Gasteiger partial charge in [-0.1, -0.05) is 74.0 Å². The van der Waals surface area contributed by atoms with Crippen LogP contribution in [0.1, 0.15) is 20.3 Å². The smallest absolute Gasteiger partial charge is 1.00 e. The first-order chi connectivity index (χ1) is 10.3. The Bertz CT molecular complexity index is 762. The zero-order valence-corrected chi connectivity index (χ0v) is 17.9. The summed E-state index contributed by atoms with van der Waals surface area (Å²) in [6, 6.07) is 19.3. The van der Waals surface area contributed by atoms with E-state index in [9.17, 15) is 0 Å². The van der Waals surface area contributed by atoms with Crippen LogP contribution in [0.3, 0.4) is 0 Å². The van der Waals surface area contributed by atoms with Crippen molar-refractivity contribution >= 4 is 21.5 Å². The molecule has 3 heteroatoms. The van der Waals surface area contributed by atoms with E-state index < -0.39 is 0 Å². The van der Waals surface area contributed by atoms with Crippen LogP contribution in [0, 0.1) is 5.92 Å². The van der Waals surface area contributed by atoms with Crippen molar-refractivity contribution in [3.05, 3.63) is 78.4 Å². The van der Waals surface area contributed by atoms with Crippen molar-refractivity contribution in [2.24, 2.45) is 5.92 Å². The Morgan fingerprint density at radius 2 is 1.33 bits per heavy atom. The monoisotopic (exact) mass is 433 g/mol. The SMILES string of the molecule is CC(C)C1=CC=CC1.[Cl-].[Cl-].[Zr+3].c1ccc2c(c1)[cH-]c1ccccc12. The van der Waals surface area contributed by atoms with E-state index in [4.69, 9.17) is 0 Å². The average Bonchev–Trinajstić information content (AvgIpc) is 3.15. The van der Waals surface area contributed by atoms with Crippen molar-refractivity contribution in [2.75, 3.05) is 0 Å². The van der Waals surface area contributed by atoms with Gasteiger partial charge in [0.05, 0.1) is 0 Å². The Balaban J connectivity index is 0.000000429. The Morgan fingerprint density at radius 3 is 1.71 bits per heavy atom. The molecule has 0 spiro atoms. The molecule has 0 saturated heterocycles. The van der Waals surface area contributed by atoms with Gasteiger partial charge in [-0.15, -0.1) is 39.7 Å². The molecule has 0 aliphatic heterocycles. The molecule has 0 atom stereocenters. The molecule has 1 aliphatic rings. The molecule has 3 aromatic rings. The number of fused-ring (bicyclic) bond motifs is 3. The van der Waals surface area contributed by atoms with Crippen LogP contribution in [0.2, 0.25) is 0 Å². The van der Waals surface area contributed by atoms with E-state index >= 15 is 0 Å². The molecule has 0 aromatic heterocycles. The van der Waals surface area contributed by atoms with Crippen molar-refractivity contribution < 1.29 is 51.0 Å². The predicted octanol–water partition coefficient (Wildman–Crippen LogP) is 0.246. The van der Waals surface area contributed by atoms with Gasteiger partial charge in [0, 0.05) is 0 Å². The zero-order valence-electron chi connectivity index (χ0n) is 14.0. The van der Waals surface area contributed by atoms with Gasteiger partial charge in [0.2, 0.25) is 0 Å². The van der Waals surface area contributed by atoms with Gasteiger partial charge in [0.15, 0.2) is 0 Å². The van der Waals surface area contributed by atoms with E-state index in [1.165, 1.54) is 28.0 Å². The molecule has 0 unspecified atom stereocenters. The first kappa shape index (κ1) is 23.3. The van der Waals surface area contributed by atoms with Gasteiger partial charge in [-0.05, 0) is 12.3 Å². The summed E-state index contributed by atoms with van der Waals surface area (Å²) >= 11 is 0. The first-order valence-corrected chi connectivity index (χ1v) is 7.64. The fourth-order valence-electron chi connectivity index (χ4n) is 2.80. The fourth-order valence-corrected chi connectivity index (χ4v) is 2.80. The maximum absolute atomic E-state index is 2.24. The Labute approximate surface area is 176 Å². The summed E-state index contributed by atoms with van der Waals surface area (Å²) in [5.74, 6) is 0.741. The molecule has 0 amide bonds. The Hall–Kier alpha value is -0.747. The molecule has 0 N–H and O–H groups in total. The van der Waals surface area contributed by atoms with E-state index in [2.05, 4.69) is 86.7 Å². The number of hydrogen-bond donors (Lipinski definition) is 0. The van der Waals surface area contributed by atoms with Crippen LogP contribution in [0.5, 0.6) is 0 Å². The summed E-state index contributed by atoms with van der Waals surface area (Å²) in [5, 5.41) is 5.39. The van der Waals surface area contributed by atoms with Crippen molar-refractivity contribution in [3.63, 3.8) is 0 Å². The molecule has 1 aliphatic carbocycles. The van der Waals surface area contributed by atoms with Crippen LogP contribution < -0.4 is 24.8 Å². The standard InChI is InChI=1S/C13H9.C8H12.2ClH.Zr/c1-3-7-12-10(5-1)9-11-6-2-4-8-13(11)12;1-7(2)8-5-3-4-6-8;;;/h1-9H;3-5,7H,6H2,1-2H3;2*1H;/q-1;;;;+3/p-2. The maximum atomic E-state index is 2.24. The zero-order chi connectivity index (χ0) is 14.7. The average molecular weight is 436 g/mol. The molecule has 3 aromatic carbocycles. The second kappa shape index (κ2) is 11.0. The molecule has 123 valence electrons. The van der Waals surface area contributed by atoms with Gasteiger partial charge in [-0.3, -0.25) is 0 Å². The minimum atomic E-state index is 0. The predicted molar refractivity (Wildman–Crippen MR) is 93.7 cm³/mol. The summed E-state index contributed by atoms with van der Waals surface area (Å²) in [7, 11) is 0. The summed E-state index contributed by atoms with van der Waals surface area (Å²) in [6.07, 6.45) is 7.73. The van der Waals surface area contributed by atoms with Gasteiger partial charge >= 0.3 is 26.2 Å². The van der Waals surface area contributed by atoms with Crippen LogP contribution in [0.4, 0.5) is 0 Å². The largest absolute Gasteiger partial charge is 3.00 e. The molecule has 1 radical (unpaired) electrons. The number of allylic oxidation sites excluding steroid dienone is 4. The van der Waals surface area contributed by atoms with Gasteiger partial charge < -0.3 is 24.8 Å². The third-order valence-corrected chi connectivity index (χ3v) is 4.06. The molecule has 24 heavy (non-hydrogen) atoms. The van der Waals surface area contributed by atoms with Crippen LogP contribution in [-0.4, -0.2) is 0 Å². The topological polar surface area (TPSA) is 0 Å². The second-order valence-electron chi connectivity index (χ2n) is 5.85. The van der Waals surface area contributed by atoms with Crippen LogP contribution >= 0.6 is 0 Å². The van der Waals surface area contributed by atoms with E-state index in [-0.39, 0.29) is 51.0 Å². The summed E-state index contributed by atoms with van der Waals surface area (Å²) in [4.78, 5) is 0. The molecule has 0 saturated carbocycles. The third-order valence-electron chi connectivity index (χ3n) is 4.06. The second-order valence-corrected chi connectivity index (χ2v) is 5.85. The molecule has 0 heterocycles. The van der Waals surface area contributed by atoms with E-state index in [0.29, 0.717) is 0 Å². The minimum absolute atomic E-state index is 0. The van der Waals surface area contributed by atoms with Crippen molar-refractivity contribution in [3.8, 4) is 0 Å². The quantitative estimate of drug-likeness (QED) is 0.481. The van der Waals surface area contributed by atoms with Gasteiger partial charge in [-0.25, -0.2) is 0 Å². The van der Waals surface area contributed by atoms with Crippen LogP contribution in [-0.2, 0) is 26.2 Å². The van der Waals surface area contributed by atoms with E-state index in [1.54, 1.807) is 5.57 Å². The number of halogens is 2. The van der Waals surface area contributed by atoms with E-state index in [1.807, 2.05) is 0 Å².